The number of hydrogen-bond acceptors (Lipinski definition) is 3. The highest BCUT2D eigenvalue weighted by atomic mass is 79.9. The van der Waals surface area contributed by atoms with Gasteiger partial charge in [0.15, 0.2) is 6.54 Å². The van der Waals surface area contributed by atoms with Crippen LogP contribution in [-0.4, -0.2) is 38.6 Å². The van der Waals surface area contributed by atoms with Gasteiger partial charge in [0.1, 0.15) is 18.9 Å². The van der Waals surface area contributed by atoms with Crippen LogP contribution >= 0.6 is 15.9 Å². The van der Waals surface area contributed by atoms with Crippen molar-refractivity contribution in [2.24, 2.45) is 0 Å². The molecule has 1 atom stereocenters. The van der Waals surface area contributed by atoms with Crippen LogP contribution in [0.2, 0.25) is 0 Å². The van der Waals surface area contributed by atoms with Crippen LogP contribution in [0, 0.1) is 0 Å². The molecule has 1 aromatic rings. The van der Waals surface area contributed by atoms with Crippen LogP contribution in [0.3, 0.4) is 0 Å². The van der Waals surface area contributed by atoms with Crippen LogP contribution in [0.15, 0.2) is 28.7 Å². The van der Waals surface area contributed by atoms with Gasteiger partial charge in [0, 0.05) is 11.4 Å². The van der Waals surface area contributed by atoms with E-state index in [1.54, 1.807) is 0 Å². The number of hydrogen-bond donors (Lipinski definition) is 3. The summed E-state index contributed by atoms with van der Waals surface area (Å²) < 4.78 is 6.57. The zero-order valence-corrected chi connectivity index (χ0v) is 13.1. The molecule has 0 aliphatic heterocycles. The zero-order valence-electron chi connectivity index (χ0n) is 11.5. The van der Waals surface area contributed by atoms with Gasteiger partial charge in [-0.25, -0.2) is 0 Å². The Morgan fingerprint density at radius 3 is 2.50 bits per heavy atom. The molecule has 0 fully saturated rings. The monoisotopic (exact) mass is 344 g/mol. The average Bonchev–Trinajstić information content (AvgIpc) is 2.38. The Morgan fingerprint density at radius 2 is 1.90 bits per heavy atom. The van der Waals surface area contributed by atoms with Gasteiger partial charge in [0.25, 0.3) is 5.91 Å². The smallest absolute Gasteiger partial charge is 0.293 e. The topological polar surface area (TPSA) is 71.9 Å². The van der Waals surface area contributed by atoms with E-state index in [-0.39, 0.29) is 18.4 Å². The molecule has 2 amide bonds. The van der Waals surface area contributed by atoms with Crippen LogP contribution in [0.4, 0.5) is 0 Å². The molecule has 7 heteroatoms. The lowest BCUT2D eigenvalue weighted by atomic mass is 10.3. The average molecular weight is 345 g/mol. The summed E-state index contributed by atoms with van der Waals surface area (Å²) in [5.74, 6) is 0.264. The maximum atomic E-state index is 11.4. The van der Waals surface area contributed by atoms with E-state index in [0.29, 0.717) is 13.2 Å². The summed E-state index contributed by atoms with van der Waals surface area (Å²) >= 11 is 3.35. The molecule has 0 bridgehead atoms. The second-order valence-electron chi connectivity index (χ2n) is 4.42. The second kappa shape index (κ2) is 8.55. The predicted octanol–water partition coefficient (Wildman–Crippen LogP) is -0.490. The fourth-order valence-corrected chi connectivity index (χ4v) is 1.70. The summed E-state index contributed by atoms with van der Waals surface area (Å²) in [6.45, 7) is 2.80. The first-order valence-electron chi connectivity index (χ1n) is 6.22. The standard InChI is InChI=1S/C13H18BrN3O3/c1-10(18)15-16-13(19)9-17(2)7-8-20-12-5-3-11(14)4-6-12/h3-6H,7-9H2,1-2H3,(H,15,18)(H,16,19)/p+1. The molecule has 1 rings (SSSR count). The lowest BCUT2D eigenvalue weighted by Gasteiger charge is -2.14. The van der Waals surface area contributed by atoms with Gasteiger partial charge in [-0.05, 0) is 24.3 Å². The Hall–Kier alpha value is -1.60. The van der Waals surface area contributed by atoms with E-state index >= 15 is 0 Å². The lowest BCUT2D eigenvalue weighted by molar-refractivity contribution is -0.871. The maximum Gasteiger partial charge on any atom is 0.293 e. The van der Waals surface area contributed by atoms with Gasteiger partial charge < -0.3 is 9.64 Å². The van der Waals surface area contributed by atoms with E-state index in [4.69, 9.17) is 4.74 Å². The Bertz CT molecular complexity index is 451. The number of likely N-dealkylation sites (N-methyl/N-ethyl adjacent to an activating group) is 1. The molecule has 0 aliphatic carbocycles. The first kappa shape index (κ1) is 16.5. The first-order valence-corrected chi connectivity index (χ1v) is 7.02. The molecule has 1 aromatic carbocycles. The van der Waals surface area contributed by atoms with Crippen molar-refractivity contribution in [3.05, 3.63) is 28.7 Å². The summed E-state index contributed by atoms with van der Waals surface area (Å²) in [5, 5.41) is 0. The molecule has 110 valence electrons. The van der Waals surface area contributed by atoms with Crippen molar-refractivity contribution in [1.82, 2.24) is 10.9 Å². The molecule has 0 spiro atoms. The van der Waals surface area contributed by atoms with Crippen molar-refractivity contribution in [3.63, 3.8) is 0 Å². The number of benzene rings is 1. The van der Waals surface area contributed by atoms with E-state index in [9.17, 15) is 9.59 Å². The lowest BCUT2D eigenvalue weighted by Crippen LogP contribution is -3.11. The predicted molar refractivity (Wildman–Crippen MR) is 78.2 cm³/mol. The summed E-state index contributed by atoms with van der Waals surface area (Å²) in [7, 11) is 1.89. The van der Waals surface area contributed by atoms with E-state index < -0.39 is 0 Å². The fraction of sp³-hybridized carbons (Fsp3) is 0.385. The molecule has 0 heterocycles. The van der Waals surface area contributed by atoms with Gasteiger partial charge >= 0.3 is 0 Å². The van der Waals surface area contributed by atoms with Gasteiger partial charge in [-0.1, -0.05) is 15.9 Å². The number of halogens is 1. The Labute approximate surface area is 126 Å². The summed E-state index contributed by atoms with van der Waals surface area (Å²) in [6, 6.07) is 7.57. The number of rotatable bonds is 6. The molecule has 0 aromatic heterocycles. The molecular weight excluding hydrogens is 326 g/mol. The minimum Gasteiger partial charge on any atom is -0.488 e. The van der Waals surface area contributed by atoms with Gasteiger partial charge in [-0.3, -0.25) is 20.4 Å². The summed E-state index contributed by atoms with van der Waals surface area (Å²) in [6.07, 6.45) is 0. The fourth-order valence-electron chi connectivity index (χ4n) is 1.44. The van der Waals surface area contributed by atoms with Crippen LogP contribution in [0.5, 0.6) is 5.75 Å². The largest absolute Gasteiger partial charge is 0.488 e. The van der Waals surface area contributed by atoms with Crippen LogP contribution < -0.4 is 20.5 Å². The third-order valence-corrected chi connectivity index (χ3v) is 2.98. The summed E-state index contributed by atoms with van der Waals surface area (Å²) in [4.78, 5) is 23.1. The Kier molecular flexibility index (Phi) is 7.03. The van der Waals surface area contributed by atoms with Crippen molar-refractivity contribution < 1.29 is 19.2 Å². The van der Waals surface area contributed by atoms with Gasteiger partial charge in [0.2, 0.25) is 5.91 Å². The van der Waals surface area contributed by atoms with Gasteiger partial charge in [0.05, 0.1) is 7.05 Å². The highest BCUT2D eigenvalue weighted by Gasteiger charge is 2.09. The van der Waals surface area contributed by atoms with Gasteiger partial charge in [-0.15, -0.1) is 0 Å². The molecule has 20 heavy (non-hydrogen) atoms. The molecule has 1 unspecified atom stereocenters. The van der Waals surface area contributed by atoms with Crippen molar-refractivity contribution in [1.29, 1.82) is 0 Å². The van der Waals surface area contributed by atoms with E-state index in [1.807, 2.05) is 31.3 Å². The molecule has 0 radical (unpaired) electrons. The number of nitrogens with one attached hydrogen (secondary N) is 3. The van der Waals surface area contributed by atoms with Crippen molar-refractivity contribution in [2.45, 2.75) is 6.92 Å². The minimum atomic E-state index is -0.297. The van der Waals surface area contributed by atoms with Crippen molar-refractivity contribution in [3.8, 4) is 5.75 Å². The number of ether oxygens (including phenoxy) is 1. The van der Waals surface area contributed by atoms with Crippen LogP contribution in [-0.2, 0) is 9.59 Å². The number of carbonyl (C=O) groups excluding carboxylic acids is 2. The van der Waals surface area contributed by atoms with E-state index in [1.165, 1.54) is 6.92 Å². The number of amides is 2. The number of carbonyl (C=O) groups is 2. The van der Waals surface area contributed by atoms with Crippen molar-refractivity contribution in [2.75, 3.05) is 26.7 Å². The molecule has 0 saturated heterocycles. The van der Waals surface area contributed by atoms with E-state index in [0.717, 1.165) is 15.1 Å². The van der Waals surface area contributed by atoms with Gasteiger partial charge in [-0.2, -0.15) is 0 Å². The number of hydrazine groups is 1. The SMILES string of the molecule is CC(=O)NNC(=O)C[NH+](C)CCOc1ccc(Br)cc1. The third-order valence-electron chi connectivity index (χ3n) is 2.45. The van der Waals surface area contributed by atoms with E-state index in [2.05, 4.69) is 26.8 Å². The van der Waals surface area contributed by atoms with Crippen LogP contribution in [0.25, 0.3) is 0 Å². The third kappa shape index (κ3) is 7.10. The number of quaternary nitrogens is 1. The quantitative estimate of drug-likeness (QED) is 0.610. The normalized spacial score (nSPS) is 11.6. The van der Waals surface area contributed by atoms with Crippen LogP contribution in [0.1, 0.15) is 6.92 Å². The zero-order chi connectivity index (χ0) is 15.0. The Morgan fingerprint density at radius 1 is 1.25 bits per heavy atom. The molecule has 0 aliphatic rings. The maximum absolute atomic E-state index is 11.4. The second-order valence-corrected chi connectivity index (χ2v) is 5.33. The summed E-state index contributed by atoms with van der Waals surface area (Å²) in [5.41, 5.74) is 4.57. The molecule has 0 saturated carbocycles. The van der Waals surface area contributed by atoms with Crippen molar-refractivity contribution >= 4 is 27.7 Å². The highest BCUT2D eigenvalue weighted by molar-refractivity contribution is 9.10. The Balaban J connectivity index is 2.19. The molecule has 3 N–H and O–H groups in total. The first-order chi connectivity index (χ1) is 9.47. The molecular formula is C13H19BrN3O3+. The minimum absolute atomic E-state index is 0.235. The highest BCUT2D eigenvalue weighted by Crippen LogP contribution is 2.15. The molecule has 6 nitrogen and oxygen atoms in total.